The Kier molecular flexibility index (Phi) is 6.67. The first-order valence-electron chi connectivity index (χ1n) is 11.7. The number of sulfonamides is 1. The molecule has 0 unspecified atom stereocenters. The van der Waals surface area contributed by atoms with Gasteiger partial charge in [-0.2, -0.15) is 9.40 Å². The van der Waals surface area contributed by atoms with E-state index in [1.807, 2.05) is 30.3 Å². The second-order valence-electron chi connectivity index (χ2n) is 8.63. The van der Waals surface area contributed by atoms with E-state index in [1.54, 1.807) is 35.1 Å². The molecule has 184 valence electrons. The fraction of sp³-hybridized carbons (Fsp3) is 0.185. The monoisotopic (exact) mass is 504 g/mol. The van der Waals surface area contributed by atoms with Crippen molar-refractivity contribution in [1.29, 1.82) is 0 Å². The van der Waals surface area contributed by atoms with E-state index in [2.05, 4.69) is 10.4 Å². The van der Waals surface area contributed by atoms with E-state index in [-0.39, 0.29) is 16.3 Å². The normalized spacial score (nSPS) is 14.5. The van der Waals surface area contributed by atoms with E-state index in [0.717, 1.165) is 24.9 Å². The number of para-hydroxylation sites is 1. The Labute approximate surface area is 209 Å². The van der Waals surface area contributed by atoms with Gasteiger partial charge in [-0.3, -0.25) is 4.79 Å². The lowest BCUT2D eigenvalue weighted by molar-refractivity contribution is 0.102. The number of benzene rings is 3. The van der Waals surface area contributed by atoms with Crippen LogP contribution < -0.4 is 5.32 Å². The molecule has 0 aliphatic carbocycles. The van der Waals surface area contributed by atoms with Crippen LogP contribution in [0.5, 0.6) is 0 Å². The predicted molar refractivity (Wildman–Crippen MR) is 136 cm³/mol. The summed E-state index contributed by atoms with van der Waals surface area (Å²) in [6, 6.07) is 21.4. The van der Waals surface area contributed by atoms with Crippen molar-refractivity contribution < 1.29 is 17.6 Å². The first-order chi connectivity index (χ1) is 17.4. The number of amides is 1. The first-order valence-corrected chi connectivity index (χ1v) is 13.2. The number of nitrogens with one attached hydrogen (secondary N) is 1. The lowest BCUT2D eigenvalue weighted by Crippen LogP contribution is -2.35. The molecule has 1 fully saturated rings. The van der Waals surface area contributed by atoms with Crippen molar-refractivity contribution in [2.45, 2.75) is 24.2 Å². The Morgan fingerprint density at radius 3 is 2.33 bits per heavy atom. The third-order valence-corrected chi connectivity index (χ3v) is 8.04. The van der Waals surface area contributed by atoms with Crippen LogP contribution >= 0.6 is 0 Å². The third-order valence-electron chi connectivity index (χ3n) is 6.14. The lowest BCUT2D eigenvalue weighted by Gasteiger charge is -2.26. The molecule has 1 saturated heterocycles. The molecule has 9 heteroatoms. The topological polar surface area (TPSA) is 84.3 Å². The van der Waals surface area contributed by atoms with E-state index in [0.29, 0.717) is 30.0 Å². The molecule has 3 aromatic carbocycles. The van der Waals surface area contributed by atoms with Crippen LogP contribution in [-0.4, -0.2) is 41.5 Å². The van der Waals surface area contributed by atoms with Crippen molar-refractivity contribution in [2.75, 3.05) is 18.4 Å². The minimum Gasteiger partial charge on any atom is -0.322 e. The molecule has 1 amide bonds. The number of nitrogens with zero attached hydrogens (tertiary/aromatic N) is 3. The molecule has 36 heavy (non-hydrogen) atoms. The van der Waals surface area contributed by atoms with Gasteiger partial charge in [0.2, 0.25) is 10.0 Å². The van der Waals surface area contributed by atoms with Gasteiger partial charge in [0.1, 0.15) is 11.5 Å². The number of halogens is 1. The van der Waals surface area contributed by atoms with Gasteiger partial charge in [-0.25, -0.2) is 17.5 Å². The quantitative estimate of drug-likeness (QED) is 0.396. The van der Waals surface area contributed by atoms with Gasteiger partial charge in [0.15, 0.2) is 0 Å². The molecule has 5 rings (SSSR count). The lowest BCUT2D eigenvalue weighted by atomic mass is 10.1. The van der Waals surface area contributed by atoms with Crippen molar-refractivity contribution in [3.05, 3.63) is 96.4 Å². The highest BCUT2D eigenvalue weighted by Crippen LogP contribution is 2.27. The standard InChI is InChI=1S/C27H25FN4O3S/c28-21-14-12-20(13-15-21)26-25(19-32(30-26)23-9-3-1-4-10-23)27(33)29-22-8-7-11-24(18-22)36(34,35)31-16-5-2-6-17-31/h1,3-4,7-15,18-19H,2,5-6,16-17H2,(H,29,33). The fourth-order valence-corrected chi connectivity index (χ4v) is 5.82. The average molecular weight is 505 g/mol. The number of aromatic nitrogens is 2. The van der Waals surface area contributed by atoms with Gasteiger partial charge in [0, 0.05) is 30.5 Å². The average Bonchev–Trinajstić information content (AvgIpc) is 3.36. The van der Waals surface area contributed by atoms with Crippen LogP contribution in [0.25, 0.3) is 16.9 Å². The zero-order valence-corrected chi connectivity index (χ0v) is 20.3. The van der Waals surface area contributed by atoms with Crippen molar-refractivity contribution in [3.8, 4) is 16.9 Å². The molecule has 4 aromatic rings. The highest BCUT2D eigenvalue weighted by molar-refractivity contribution is 7.89. The van der Waals surface area contributed by atoms with E-state index in [1.165, 1.54) is 28.6 Å². The number of carbonyl (C=O) groups is 1. The molecule has 0 spiro atoms. The number of hydrogen-bond donors (Lipinski definition) is 1. The number of piperidine rings is 1. The predicted octanol–water partition coefficient (Wildman–Crippen LogP) is 5.11. The van der Waals surface area contributed by atoms with E-state index < -0.39 is 15.9 Å². The van der Waals surface area contributed by atoms with Gasteiger partial charge in [0.25, 0.3) is 5.91 Å². The summed E-state index contributed by atoms with van der Waals surface area (Å²) in [4.78, 5) is 13.5. The summed E-state index contributed by atoms with van der Waals surface area (Å²) in [6.45, 7) is 0.997. The number of hydrogen-bond acceptors (Lipinski definition) is 4. The SMILES string of the molecule is O=C(Nc1cccc(S(=O)(=O)N2CCCCC2)c1)c1cn(-c2ccccc2)nc1-c1ccc(F)cc1. The van der Waals surface area contributed by atoms with E-state index in [4.69, 9.17) is 0 Å². The fourth-order valence-electron chi connectivity index (χ4n) is 4.26. The van der Waals surface area contributed by atoms with Gasteiger partial charge in [-0.1, -0.05) is 30.7 Å². The number of rotatable bonds is 6. The molecule has 7 nitrogen and oxygen atoms in total. The smallest absolute Gasteiger partial charge is 0.259 e. The van der Waals surface area contributed by atoms with Gasteiger partial charge in [0.05, 0.1) is 16.1 Å². The van der Waals surface area contributed by atoms with Crippen LogP contribution in [0.15, 0.2) is 90.0 Å². The molecule has 1 aliphatic rings. The zero-order chi connectivity index (χ0) is 25.1. The number of anilines is 1. The second kappa shape index (κ2) is 10.0. The summed E-state index contributed by atoms with van der Waals surface area (Å²) in [5.74, 6) is -0.844. The maximum absolute atomic E-state index is 13.5. The third kappa shape index (κ3) is 4.93. The summed E-state index contributed by atoms with van der Waals surface area (Å²) in [7, 11) is -3.64. The second-order valence-corrected chi connectivity index (χ2v) is 10.6. The van der Waals surface area contributed by atoms with Crippen molar-refractivity contribution >= 4 is 21.6 Å². The Balaban J connectivity index is 1.47. The van der Waals surface area contributed by atoms with Gasteiger partial charge < -0.3 is 5.32 Å². The molecule has 0 bridgehead atoms. The minimum atomic E-state index is -3.64. The van der Waals surface area contributed by atoms with E-state index in [9.17, 15) is 17.6 Å². The highest BCUT2D eigenvalue weighted by Gasteiger charge is 2.26. The van der Waals surface area contributed by atoms with Gasteiger partial charge in [-0.05, 0) is 67.4 Å². The molecule has 1 aromatic heterocycles. The maximum atomic E-state index is 13.5. The summed E-state index contributed by atoms with van der Waals surface area (Å²) < 4.78 is 42.8. The van der Waals surface area contributed by atoms with Crippen LogP contribution in [0.4, 0.5) is 10.1 Å². The molecule has 0 saturated carbocycles. The first kappa shape index (κ1) is 23.9. The summed E-state index contributed by atoms with van der Waals surface area (Å²) in [5, 5.41) is 7.40. The Morgan fingerprint density at radius 1 is 0.889 bits per heavy atom. The molecule has 1 N–H and O–H groups in total. The molecular weight excluding hydrogens is 479 g/mol. The van der Waals surface area contributed by atoms with Crippen LogP contribution in [0, 0.1) is 5.82 Å². The van der Waals surface area contributed by atoms with Gasteiger partial charge in [-0.15, -0.1) is 0 Å². The van der Waals surface area contributed by atoms with Crippen LogP contribution in [0.1, 0.15) is 29.6 Å². The molecule has 0 atom stereocenters. The Hall–Kier alpha value is -3.82. The number of carbonyl (C=O) groups excluding carboxylic acids is 1. The van der Waals surface area contributed by atoms with Crippen molar-refractivity contribution in [3.63, 3.8) is 0 Å². The summed E-state index contributed by atoms with van der Waals surface area (Å²) in [6.07, 6.45) is 4.31. The van der Waals surface area contributed by atoms with Crippen LogP contribution in [0.2, 0.25) is 0 Å². The minimum absolute atomic E-state index is 0.140. The highest BCUT2D eigenvalue weighted by atomic mass is 32.2. The maximum Gasteiger partial charge on any atom is 0.259 e. The van der Waals surface area contributed by atoms with Crippen LogP contribution in [-0.2, 0) is 10.0 Å². The summed E-state index contributed by atoms with van der Waals surface area (Å²) >= 11 is 0. The largest absolute Gasteiger partial charge is 0.322 e. The molecular formula is C27H25FN4O3S. The van der Waals surface area contributed by atoms with Crippen molar-refractivity contribution in [1.82, 2.24) is 14.1 Å². The summed E-state index contributed by atoms with van der Waals surface area (Å²) in [5.41, 5.74) is 2.35. The molecule has 2 heterocycles. The van der Waals surface area contributed by atoms with E-state index >= 15 is 0 Å². The zero-order valence-electron chi connectivity index (χ0n) is 19.5. The molecule has 1 aliphatic heterocycles. The Morgan fingerprint density at radius 2 is 1.61 bits per heavy atom. The Bertz CT molecular complexity index is 1480. The van der Waals surface area contributed by atoms with Gasteiger partial charge >= 0.3 is 0 Å². The van der Waals surface area contributed by atoms with Crippen molar-refractivity contribution in [2.24, 2.45) is 0 Å². The van der Waals surface area contributed by atoms with Crippen LogP contribution in [0.3, 0.4) is 0 Å². The molecule has 0 radical (unpaired) electrons.